The maximum Gasteiger partial charge on any atom is 0.104 e. The van der Waals surface area contributed by atoms with Crippen molar-refractivity contribution in [3.8, 4) is 0 Å². The molecule has 2 N–H and O–H groups in total. The molecule has 0 fully saturated rings. The molecule has 3 nitrogen and oxygen atoms in total. The summed E-state index contributed by atoms with van der Waals surface area (Å²) in [6, 6.07) is 7.72. The first-order chi connectivity index (χ1) is 7.63. The van der Waals surface area contributed by atoms with Gasteiger partial charge in [0.05, 0.1) is 0 Å². The zero-order chi connectivity index (χ0) is 11.5. The average molecular weight is 231 g/mol. The van der Waals surface area contributed by atoms with E-state index in [1.807, 2.05) is 19.1 Å². The van der Waals surface area contributed by atoms with E-state index in [2.05, 4.69) is 23.0 Å². The molecule has 0 unspecified atom stereocenters. The minimum absolute atomic E-state index is 0.724. The Morgan fingerprint density at radius 1 is 1.12 bits per heavy atom. The summed E-state index contributed by atoms with van der Waals surface area (Å²) in [4.78, 5) is 8.68. The highest BCUT2D eigenvalue weighted by atomic mass is 32.2. The van der Waals surface area contributed by atoms with Crippen LogP contribution in [0.25, 0.3) is 0 Å². The van der Waals surface area contributed by atoms with E-state index in [-0.39, 0.29) is 0 Å². The first kappa shape index (κ1) is 11.0. The minimum atomic E-state index is 0.724. The molecule has 0 aliphatic heterocycles. The van der Waals surface area contributed by atoms with Crippen LogP contribution in [-0.2, 0) is 0 Å². The number of hydrogen-bond donors (Lipinski definition) is 1. The number of rotatable bonds is 2. The van der Waals surface area contributed by atoms with Gasteiger partial charge < -0.3 is 5.73 Å². The highest BCUT2D eigenvalue weighted by Gasteiger charge is 2.02. The molecule has 0 bridgehead atoms. The molecule has 2 aromatic rings. The van der Waals surface area contributed by atoms with E-state index in [9.17, 15) is 0 Å². The smallest absolute Gasteiger partial charge is 0.104 e. The number of nitrogen functional groups attached to an aromatic ring is 1. The van der Waals surface area contributed by atoms with E-state index in [0.29, 0.717) is 0 Å². The molecule has 0 spiro atoms. The Bertz CT molecular complexity index is 491. The van der Waals surface area contributed by atoms with Crippen molar-refractivity contribution in [2.45, 2.75) is 23.9 Å². The van der Waals surface area contributed by atoms with Gasteiger partial charge in [0.15, 0.2) is 0 Å². The van der Waals surface area contributed by atoms with Gasteiger partial charge in [-0.2, -0.15) is 0 Å². The van der Waals surface area contributed by atoms with E-state index >= 15 is 0 Å². The van der Waals surface area contributed by atoms with Gasteiger partial charge in [-0.25, -0.2) is 9.97 Å². The lowest BCUT2D eigenvalue weighted by Gasteiger charge is -2.03. The van der Waals surface area contributed by atoms with Gasteiger partial charge in [0.25, 0.3) is 0 Å². The Labute approximate surface area is 99.1 Å². The fourth-order valence-corrected chi connectivity index (χ4v) is 2.40. The fourth-order valence-electron chi connectivity index (χ4n) is 1.44. The van der Waals surface area contributed by atoms with Crippen molar-refractivity contribution >= 4 is 17.4 Å². The summed E-state index contributed by atoms with van der Waals surface area (Å²) in [5.41, 5.74) is 8.65. The lowest BCUT2D eigenvalue weighted by molar-refractivity contribution is 1.04. The maximum absolute atomic E-state index is 5.70. The topological polar surface area (TPSA) is 51.8 Å². The van der Waals surface area contributed by atoms with Gasteiger partial charge in [-0.15, -0.1) is 0 Å². The molecule has 0 aliphatic rings. The van der Waals surface area contributed by atoms with Crippen molar-refractivity contribution in [2.75, 3.05) is 5.73 Å². The molecule has 0 radical (unpaired) electrons. The first-order valence-electron chi connectivity index (χ1n) is 4.98. The number of nitrogens with zero attached hydrogens (tertiary/aromatic N) is 2. The van der Waals surface area contributed by atoms with E-state index in [1.54, 1.807) is 12.3 Å². The van der Waals surface area contributed by atoms with Crippen LogP contribution in [0, 0.1) is 13.8 Å². The van der Waals surface area contributed by atoms with Gasteiger partial charge in [-0.05, 0) is 43.7 Å². The number of hydrogen-bond acceptors (Lipinski definition) is 4. The summed E-state index contributed by atoms with van der Waals surface area (Å²) >= 11 is 1.53. The van der Waals surface area contributed by atoms with E-state index < -0.39 is 0 Å². The third-order valence-corrected chi connectivity index (χ3v) is 2.89. The Morgan fingerprint density at radius 2 is 1.94 bits per heavy atom. The lowest BCUT2D eigenvalue weighted by Crippen LogP contribution is -1.89. The van der Waals surface area contributed by atoms with Crippen LogP contribution in [0.5, 0.6) is 0 Å². The molecule has 0 aliphatic carbocycles. The van der Waals surface area contributed by atoms with Gasteiger partial charge in [-0.1, -0.05) is 11.8 Å². The number of aryl methyl sites for hydroxylation is 2. The SMILES string of the molecule is Cc1cc(C)nc(Sc2cc(N)ccn2)c1. The monoisotopic (exact) mass is 231 g/mol. The molecular formula is C12H13N3S. The van der Waals surface area contributed by atoms with Crippen LogP contribution in [-0.4, -0.2) is 9.97 Å². The second-order valence-electron chi connectivity index (χ2n) is 3.65. The first-order valence-corrected chi connectivity index (χ1v) is 5.80. The molecule has 0 amide bonds. The highest BCUT2D eigenvalue weighted by Crippen LogP contribution is 2.26. The van der Waals surface area contributed by atoms with Gasteiger partial charge in [0.1, 0.15) is 10.1 Å². The zero-order valence-corrected chi connectivity index (χ0v) is 10.1. The number of aromatic nitrogens is 2. The molecule has 82 valence electrons. The molecule has 0 saturated heterocycles. The normalized spacial score (nSPS) is 10.4. The maximum atomic E-state index is 5.70. The predicted octanol–water partition coefficient (Wildman–Crippen LogP) is 2.83. The van der Waals surface area contributed by atoms with Crippen molar-refractivity contribution in [3.63, 3.8) is 0 Å². The Morgan fingerprint density at radius 3 is 2.62 bits per heavy atom. The van der Waals surface area contributed by atoms with E-state index in [0.717, 1.165) is 21.4 Å². The molecule has 2 heterocycles. The number of pyridine rings is 2. The predicted molar refractivity (Wildman–Crippen MR) is 66.5 cm³/mol. The standard InChI is InChI=1S/C12H13N3S/c1-8-5-9(2)15-12(6-8)16-11-7-10(13)3-4-14-11/h3-7H,1-2H3,(H2,13,14). The number of nitrogens with two attached hydrogens (primary N) is 1. The van der Waals surface area contributed by atoms with Gasteiger partial charge in [0, 0.05) is 17.6 Å². The van der Waals surface area contributed by atoms with E-state index in [4.69, 9.17) is 5.73 Å². The summed E-state index contributed by atoms with van der Waals surface area (Å²) in [5, 5.41) is 1.83. The quantitative estimate of drug-likeness (QED) is 0.863. The molecule has 16 heavy (non-hydrogen) atoms. The summed E-state index contributed by atoms with van der Waals surface area (Å²) in [5.74, 6) is 0. The third-order valence-electron chi connectivity index (χ3n) is 2.04. The third kappa shape index (κ3) is 2.73. The van der Waals surface area contributed by atoms with Crippen LogP contribution in [0.4, 0.5) is 5.69 Å². The Hall–Kier alpha value is -1.55. The van der Waals surface area contributed by atoms with Crippen LogP contribution < -0.4 is 5.73 Å². The summed E-state index contributed by atoms with van der Waals surface area (Å²) < 4.78 is 0. The molecule has 2 rings (SSSR count). The molecule has 4 heteroatoms. The Balaban J connectivity index is 2.27. The van der Waals surface area contributed by atoms with Gasteiger partial charge in [0.2, 0.25) is 0 Å². The average Bonchev–Trinajstić information content (AvgIpc) is 2.15. The molecule has 0 atom stereocenters. The zero-order valence-electron chi connectivity index (χ0n) is 9.27. The number of anilines is 1. The summed E-state index contributed by atoms with van der Waals surface area (Å²) in [6.07, 6.45) is 1.71. The molecule has 2 aromatic heterocycles. The Kier molecular flexibility index (Phi) is 3.10. The van der Waals surface area contributed by atoms with Crippen molar-refractivity contribution in [3.05, 3.63) is 41.7 Å². The van der Waals surface area contributed by atoms with Crippen LogP contribution >= 0.6 is 11.8 Å². The lowest BCUT2D eigenvalue weighted by atomic mass is 10.3. The summed E-state index contributed by atoms with van der Waals surface area (Å²) in [7, 11) is 0. The molecular weight excluding hydrogens is 218 g/mol. The second kappa shape index (κ2) is 4.53. The van der Waals surface area contributed by atoms with Crippen LogP contribution in [0.15, 0.2) is 40.5 Å². The van der Waals surface area contributed by atoms with E-state index in [1.165, 1.54) is 17.3 Å². The molecule has 0 saturated carbocycles. The second-order valence-corrected chi connectivity index (χ2v) is 4.69. The van der Waals surface area contributed by atoms with Gasteiger partial charge in [-0.3, -0.25) is 0 Å². The van der Waals surface area contributed by atoms with Crippen LogP contribution in [0.3, 0.4) is 0 Å². The van der Waals surface area contributed by atoms with Crippen LogP contribution in [0.2, 0.25) is 0 Å². The van der Waals surface area contributed by atoms with Gasteiger partial charge >= 0.3 is 0 Å². The van der Waals surface area contributed by atoms with Crippen molar-refractivity contribution in [1.29, 1.82) is 0 Å². The van der Waals surface area contributed by atoms with Crippen molar-refractivity contribution in [1.82, 2.24) is 9.97 Å². The summed E-state index contributed by atoms with van der Waals surface area (Å²) in [6.45, 7) is 4.05. The largest absolute Gasteiger partial charge is 0.399 e. The molecule has 0 aromatic carbocycles. The fraction of sp³-hybridized carbons (Fsp3) is 0.167. The van der Waals surface area contributed by atoms with Crippen molar-refractivity contribution < 1.29 is 0 Å². The minimum Gasteiger partial charge on any atom is -0.399 e. The van der Waals surface area contributed by atoms with Crippen molar-refractivity contribution in [2.24, 2.45) is 0 Å². The van der Waals surface area contributed by atoms with Crippen LogP contribution in [0.1, 0.15) is 11.3 Å². The highest BCUT2D eigenvalue weighted by molar-refractivity contribution is 7.99.